The van der Waals surface area contributed by atoms with E-state index in [0.717, 1.165) is 83.5 Å². The third-order valence-corrected chi connectivity index (χ3v) is 10.1. The van der Waals surface area contributed by atoms with Crippen molar-refractivity contribution in [2.24, 2.45) is 0 Å². The first-order valence-corrected chi connectivity index (χ1v) is 18.7. The third-order valence-electron chi connectivity index (χ3n) is 10.1. The largest absolute Gasteiger partial charge is 0.455 e. The molecule has 0 bridgehead atoms. The molecule has 3 rings (SSSR count). The number of aliphatic hydroxyl groups is 4. The van der Waals surface area contributed by atoms with Gasteiger partial charge in [0.25, 0.3) is 0 Å². The summed E-state index contributed by atoms with van der Waals surface area (Å²) in [6.45, 7) is 4.04. The first kappa shape index (κ1) is 38.4. The van der Waals surface area contributed by atoms with Gasteiger partial charge in [0.1, 0.15) is 6.10 Å². The van der Waals surface area contributed by atoms with Crippen LogP contribution in [-0.2, 0) is 19.0 Å². The minimum atomic E-state index is -0.544. The molecule has 45 heavy (non-hydrogen) atoms. The molecule has 0 aliphatic carbocycles. The fraction of sp³-hybridized carbons (Fsp3) is 0.919. The van der Waals surface area contributed by atoms with E-state index in [0.29, 0.717) is 24.8 Å². The molecule has 3 heterocycles. The van der Waals surface area contributed by atoms with E-state index in [1.165, 1.54) is 44.9 Å². The molecule has 262 valence electrons. The molecule has 0 saturated carbocycles. The molecule has 0 radical (unpaired) electrons. The van der Waals surface area contributed by atoms with Crippen molar-refractivity contribution in [3.05, 3.63) is 11.6 Å². The smallest absolute Gasteiger partial charge is 0.334 e. The number of ether oxygens (including phenoxy) is 3. The fourth-order valence-electron chi connectivity index (χ4n) is 7.29. The van der Waals surface area contributed by atoms with Crippen LogP contribution in [0.5, 0.6) is 0 Å². The Bertz CT molecular complexity index is 833. The van der Waals surface area contributed by atoms with Crippen molar-refractivity contribution in [3.63, 3.8) is 0 Å². The van der Waals surface area contributed by atoms with Crippen molar-refractivity contribution in [2.45, 2.75) is 216 Å². The van der Waals surface area contributed by atoms with Crippen molar-refractivity contribution in [1.82, 2.24) is 0 Å². The van der Waals surface area contributed by atoms with E-state index in [9.17, 15) is 25.2 Å². The van der Waals surface area contributed by atoms with Crippen molar-refractivity contribution in [3.8, 4) is 0 Å². The Morgan fingerprint density at radius 2 is 1.13 bits per heavy atom. The van der Waals surface area contributed by atoms with Crippen LogP contribution in [0.3, 0.4) is 0 Å². The van der Waals surface area contributed by atoms with Crippen LogP contribution in [0.25, 0.3) is 0 Å². The van der Waals surface area contributed by atoms with Gasteiger partial charge in [-0.2, -0.15) is 0 Å². The summed E-state index contributed by atoms with van der Waals surface area (Å²) in [6, 6.07) is 0. The van der Waals surface area contributed by atoms with Crippen LogP contribution in [0.4, 0.5) is 0 Å². The van der Waals surface area contributed by atoms with Gasteiger partial charge in [0.05, 0.1) is 48.8 Å². The van der Waals surface area contributed by atoms with E-state index in [-0.39, 0.29) is 42.6 Å². The highest BCUT2D eigenvalue weighted by atomic mass is 16.6. The maximum atomic E-state index is 11.7. The molecule has 2 saturated heterocycles. The van der Waals surface area contributed by atoms with Crippen LogP contribution in [0.1, 0.15) is 162 Å². The van der Waals surface area contributed by atoms with Crippen LogP contribution in [0.2, 0.25) is 0 Å². The summed E-state index contributed by atoms with van der Waals surface area (Å²) in [5, 5.41) is 41.9. The molecule has 0 aromatic carbocycles. The molecule has 8 heteroatoms. The second-order valence-electron chi connectivity index (χ2n) is 14.2. The van der Waals surface area contributed by atoms with Crippen LogP contribution in [0, 0.1) is 0 Å². The highest BCUT2D eigenvalue weighted by Gasteiger charge is 2.40. The lowest BCUT2D eigenvalue weighted by Crippen LogP contribution is -2.33. The van der Waals surface area contributed by atoms with Gasteiger partial charge in [-0.15, -0.1) is 0 Å². The Balaban J connectivity index is 1.15. The SMILES string of the molecule is CCCCCCC[C@H](O)CC[C@H](O)[C@H]1CC[C@H]([C@H]2CC[C@H]([C@H](O)CCCCCCCCCC[C@@H](O)CC3=C[C@H](C)OC3=O)O2)O1. The standard InChI is InChI=1S/C37H66O8/c1-3-4-5-10-13-16-29(38)19-20-32(41)34-22-24-36(45-34)35-23-21-33(44-35)31(40)18-15-12-9-7-6-8-11-14-17-30(39)26-28-25-27(2)43-37(28)42/h25,27,29-36,38-41H,3-24,26H2,1-2H3/t27-,29-,30+,31+,32-,33+,34+,35+,36+/m0/s1. The molecule has 3 aliphatic rings. The van der Waals surface area contributed by atoms with Crippen molar-refractivity contribution in [2.75, 3.05) is 0 Å². The number of rotatable bonds is 25. The Morgan fingerprint density at radius 3 is 1.67 bits per heavy atom. The molecular formula is C37H66O8. The highest BCUT2D eigenvalue weighted by molar-refractivity contribution is 5.90. The number of aliphatic hydroxyl groups excluding tert-OH is 4. The number of carbonyl (C=O) groups is 1. The molecule has 0 unspecified atom stereocenters. The zero-order valence-electron chi connectivity index (χ0n) is 28.5. The summed E-state index contributed by atoms with van der Waals surface area (Å²) in [7, 11) is 0. The predicted octanol–water partition coefficient (Wildman–Crippen LogP) is 6.83. The fourth-order valence-corrected chi connectivity index (χ4v) is 7.29. The van der Waals surface area contributed by atoms with Crippen molar-refractivity contribution >= 4 is 5.97 Å². The normalized spacial score (nSPS) is 27.8. The summed E-state index contributed by atoms with van der Waals surface area (Å²) < 4.78 is 17.6. The summed E-state index contributed by atoms with van der Waals surface area (Å²) in [5.41, 5.74) is 0.610. The van der Waals surface area contributed by atoms with Gasteiger partial charge in [0, 0.05) is 12.0 Å². The van der Waals surface area contributed by atoms with E-state index in [4.69, 9.17) is 14.2 Å². The number of unbranched alkanes of at least 4 members (excludes halogenated alkanes) is 11. The summed E-state index contributed by atoms with van der Waals surface area (Å²) in [5.74, 6) is -0.287. The zero-order valence-corrected chi connectivity index (χ0v) is 28.5. The maximum Gasteiger partial charge on any atom is 0.334 e. The number of carbonyl (C=O) groups excluding carboxylic acids is 1. The van der Waals surface area contributed by atoms with Crippen molar-refractivity contribution < 1.29 is 39.4 Å². The van der Waals surface area contributed by atoms with Gasteiger partial charge in [-0.3, -0.25) is 0 Å². The van der Waals surface area contributed by atoms with E-state index < -0.39 is 18.3 Å². The molecule has 0 aromatic rings. The van der Waals surface area contributed by atoms with E-state index >= 15 is 0 Å². The molecule has 0 spiro atoms. The van der Waals surface area contributed by atoms with Gasteiger partial charge in [-0.05, 0) is 70.8 Å². The zero-order chi connectivity index (χ0) is 32.4. The molecule has 2 fully saturated rings. The Labute approximate surface area is 273 Å². The van der Waals surface area contributed by atoms with E-state index in [1.807, 2.05) is 13.0 Å². The van der Waals surface area contributed by atoms with E-state index in [2.05, 4.69) is 6.92 Å². The Kier molecular flexibility index (Phi) is 18.6. The summed E-state index contributed by atoms with van der Waals surface area (Å²) >= 11 is 0. The Hall–Kier alpha value is -1.03. The molecule has 9 atom stereocenters. The predicted molar refractivity (Wildman–Crippen MR) is 177 cm³/mol. The number of esters is 1. The second kappa shape index (κ2) is 21.8. The summed E-state index contributed by atoms with van der Waals surface area (Å²) in [4.78, 5) is 11.7. The van der Waals surface area contributed by atoms with Gasteiger partial charge in [-0.1, -0.05) is 90.4 Å². The molecule has 0 amide bonds. The van der Waals surface area contributed by atoms with Gasteiger partial charge in [-0.25, -0.2) is 4.79 Å². The van der Waals surface area contributed by atoms with Gasteiger partial charge >= 0.3 is 5.97 Å². The maximum absolute atomic E-state index is 11.7. The average molecular weight is 639 g/mol. The van der Waals surface area contributed by atoms with E-state index in [1.54, 1.807) is 0 Å². The molecule has 3 aliphatic heterocycles. The third kappa shape index (κ3) is 14.7. The monoisotopic (exact) mass is 638 g/mol. The minimum Gasteiger partial charge on any atom is -0.455 e. The number of hydrogen-bond donors (Lipinski definition) is 4. The van der Waals surface area contributed by atoms with Crippen LogP contribution in [-0.4, -0.2) is 81.3 Å². The minimum absolute atomic E-state index is 0.00308. The number of cyclic esters (lactones) is 1. The first-order valence-electron chi connectivity index (χ1n) is 18.7. The lowest BCUT2D eigenvalue weighted by atomic mass is 9.99. The molecule has 0 aromatic heterocycles. The molecule has 8 nitrogen and oxygen atoms in total. The van der Waals surface area contributed by atoms with Gasteiger partial charge in [0.2, 0.25) is 0 Å². The van der Waals surface area contributed by atoms with Crippen LogP contribution < -0.4 is 0 Å². The Morgan fingerprint density at radius 1 is 0.644 bits per heavy atom. The van der Waals surface area contributed by atoms with Crippen LogP contribution >= 0.6 is 0 Å². The summed E-state index contributed by atoms with van der Waals surface area (Å²) in [6.07, 6.45) is 21.8. The lowest BCUT2D eigenvalue weighted by molar-refractivity contribution is -0.139. The number of hydrogen-bond acceptors (Lipinski definition) is 8. The topological polar surface area (TPSA) is 126 Å². The lowest BCUT2D eigenvalue weighted by Gasteiger charge is -2.24. The quantitative estimate of drug-likeness (QED) is 0.0634. The van der Waals surface area contributed by atoms with Crippen molar-refractivity contribution in [1.29, 1.82) is 0 Å². The average Bonchev–Trinajstić information content (AvgIpc) is 3.77. The second-order valence-corrected chi connectivity index (χ2v) is 14.2. The highest BCUT2D eigenvalue weighted by Crippen LogP contribution is 2.34. The first-order chi connectivity index (χ1) is 21.8. The van der Waals surface area contributed by atoms with Gasteiger partial charge < -0.3 is 34.6 Å². The van der Waals surface area contributed by atoms with Gasteiger partial charge in [0.15, 0.2) is 0 Å². The molecule has 4 N–H and O–H groups in total. The van der Waals surface area contributed by atoms with Crippen LogP contribution in [0.15, 0.2) is 11.6 Å². The molecular weight excluding hydrogens is 572 g/mol.